The van der Waals surface area contributed by atoms with E-state index in [9.17, 15) is 5.11 Å². The largest absolute Gasteiger partial charge is 0.394 e. The Morgan fingerprint density at radius 3 is 2.78 bits per heavy atom. The number of hydrogen-bond acceptors (Lipinski definition) is 3. The van der Waals surface area contributed by atoms with Crippen molar-refractivity contribution in [1.29, 1.82) is 0 Å². The minimum Gasteiger partial charge on any atom is -0.394 e. The molecule has 1 aromatic heterocycles. The van der Waals surface area contributed by atoms with Crippen LogP contribution in [0.1, 0.15) is 52.4 Å². The second-order valence-electron chi connectivity index (χ2n) is 5.30. The van der Waals surface area contributed by atoms with Gasteiger partial charge in [0, 0.05) is 30.4 Å². The smallest absolute Gasteiger partial charge is 0.108 e. The van der Waals surface area contributed by atoms with Crippen LogP contribution in [0.2, 0.25) is 0 Å². The minimum atomic E-state index is -0.220. The minimum absolute atomic E-state index is 0.156. The lowest BCUT2D eigenvalue weighted by Crippen LogP contribution is -2.47. The molecule has 0 saturated heterocycles. The first kappa shape index (κ1) is 15.2. The van der Waals surface area contributed by atoms with Crippen LogP contribution in [0.25, 0.3) is 0 Å². The quantitative estimate of drug-likeness (QED) is 0.746. The van der Waals surface area contributed by atoms with Crippen LogP contribution in [0.4, 0.5) is 0 Å². The van der Waals surface area contributed by atoms with Crippen molar-refractivity contribution in [1.82, 2.24) is 14.9 Å². The lowest BCUT2D eigenvalue weighted by Gasteiger charge is -2.32. The van der Waals surface area contributed by atoms with Gasteiger partial charge in [-0.05, 0) is 33.2 Å². The predicted octanol–water partition coefficient (Wildman–Crippen LogP) is 2.15. The highest BCUT2D eigenvalue weighted by molar-refractivity contribution is 4.97. The highest BCUT2D eigenvalue weighted by Gasteiger charge is 2.25. The molecule has 1 aromatic rings. The lowest BCUT2D eigenvalue weighted by atomic mass is 9.94. The van der Waals surface area contributed by atoms with E-state index >= 15 is 0 Å². The van der Waals surface area contributed by atoms with Gasteiger partial charge in [-0.15, -0.1) is 0 Å². The number of imidazole rings is 1. The van der Waals surface area contributed by atoms with Crippen molar-refractivity contribution in [3.8, 4) is 0 Å². The highest BCUT2D eigenvalue weighted by Crippen LogP contribution is 2.22. The van der Waals surface area contributed by atoms with Crippen LogP contribution in [0, 0.1) is 0 Å². The standard InChI is InChI=1S/C14H27N3O/c1-5-7-13-15-8-9-17(13)12(3)10-14(4,11-18)16-6-2/h8-9,12,16,18H,5-7,10-11H2,1-4H3. The molecule has 2 atom stereocenters. The van der Waals surface area contributed by atoms with Gasteiger partial charge in [0.2, 0.25) is 0 Å². The summed E-state index contributed by atoms with van der Waals surface area (Å²) in [4.78, 5) is 4.41. The summed E-state index contributed by atoms with van der Waals surface area (Å²) in [6, 6.07) is 0.338. The Balaban J connectivity index is 2.74. The molecule has 0 spiro atoms. The number of aliphatic hydroxyl groups is 1. The molecular formula is C14H27N3O. The average Bonchev–Trinajstić information content (AvgIpc) is 2.78. The van der Waals surface area contributed by atoms with Crippen LogP contribution in [-0.4, -0.2) is 33.3 Å². The normalized spacial score (nSPS) is 16.5. The third-order valence-electron chi connectivity index (χ3n) is 3.40. The molecule has 18 heavy (non-hydrogen) atoms. The Morgan fingerprint density at radius 2 is 2.22 bits per heavy atom. The van der Waals surface area contributed by atoms with Crippen LogP contribution >= 0.6 is 0 Å². The van der Waals surface area contributed by atoms with E-state index in [0.717, 1.165) is 31.6 Å². The summed E-state index contributed by atoms with van der Waals surface area (Å²) in [5.41, 5.74) is -0.220. The molecule has 0 aromatic carbocycles. The molecule has 2 N–H and O–H groups in total. The van der Waals surface area contributed by atoms with E-state index in [4.69, 9.17) is 0 Å². The Hall–Kier alpha value is -0.870. The van der Waals surface area contributed by atoms with E-state index < -0.39 is 0 Å². The van der Waals surface area contributed by atoms with E-state index in [1.54, 1.807) is 0 Å². The molecule has 1 heterocycles. The maximum absolute atomic E-state index is 9.55. The summed E-state index contributed by atoms with van der Waals surface area (Å²) in [7, 11) is 0. The SMILES string of the molecule is CCCc1nccn1C(C)CC(C)(CO)NCC. The Morgan fingerprint density at radius 1 is 1.50 bits per heavy atom. The van der Waals surface area contributed by atoms with Gasteiger partial charge >= 0.3 is 0 Å². The topological polar surface area (TPSA) is 50.1 Å². The zero-order valence-electron chi connectivity index (χ0n) is 12.1. The van der Waals surface area contributed by atoms with E-state index in [2.05, 4.69) is 42.6 Å². The average molecular weight is 253 g/mol. The third kappa shape index (κ3) is 3.82. The van der Waals surface area contributed by atoms with Gasteiger partial charge in [-0.3, -0.25) is 0 Å². The first-order valence-electron chi connectivity index (χ1n) is 6.94. The van der Waals surface area contributed by atoms with Gasteiger partial charge in [-0.1, -0.05) is 13.8 Å². The molecule has 0 aliphatic rings. The maximum Gasteiger partial charge on any atom is 0.108 e. The highest BCUT2D eigenvalue weighted by atomic mass is 16.3. The number of nitrogens with zero attached hydrogens (tertiary/aromatic N) is 2. The number of hydrogen-bond donors (Lipinski definition) is 2. The molecule has 0 aliphatic heterocycles. The van der Waals surface area contributed by atoms with E-state index in [-0.39, 0.29) is 12.1 Å². The molecule has 0 radical (unpaired) electrons. The van der Waals surface area contributed by atoms with Gasteiger partial charge in [0.05, 0.1) is 6.61 Å². The molecule has 1 rings (SSSR count). The molecule has 0 saturated carbocycles. The van der Waals surface area contributed by atoms with Crippen molar-refractivity contribution < 1.29 is 5.11 Å². The van der Waals surface area contributed by atoms with Gasteiger partial charge < -0.3 is 15.0 Å². The third-order valence-corrected chi connectivity index (χ3v) is 3.40. The second kappa shape index (κ2) is 6.90. The van der Waals surface area contributed by atoms with Gasteiger partial charge in [0.15, 0.2) is 0 Å². The summed E-state index contributed by atoms with van der Waals surface area (Å²) in [6.45, 7) is 9.52. The summed E-state index contributed by atoms with van der Waals surface area (Å²) >= 11 is 0. The Labute approximate surface area is 110 Å². The monoisotopic (exact) mass is 253 g/mol. The Kier molecular flexibility index (Phi) is 5.82. The van der Waals surface area contributed by atoms with Gasteiger partial charge in [-0.2, -0.15) is 0 Å². The summed E-state index contributed by atoms with van der Waals surface area (Å²) in [5, 5.41) is 12.9. The fourth-order valence-corrected chi connectivity index (χ4v) is 2.53. The molecular weight excluding hydrogens is 226 g/mol. The van der Waals surface area contributed by atoms with Crippen molar-refractivity contribution in [2.75, 3.05) is 13.2 Å². The molecule has 2 unspecified atom stereocenters. The fourth-order valence-electron chi connectivity index (χ4n) is 2.53. The molecule has 0 bridgehead atoms. The van der Waals surface area contributed by atoms with E-state index in [1.165, 1.54) is 0 Å². The van der Waals surface area contributed by atoms with Crippen LogP contribution < -0.4 is 5.32 Å². The second-order valence-corrected chi connectivity index (χ2v) is 5.30. The van der Waals surface area contributed by atoms with Gasteiger partial charge in [-0.25, -0.2) is 4.98 Å². The van der Waals surface area contributed by atoms with Crippen LogP contribution in [-0.2, 0) is 6.42 Å². The fraction of sp³-hybridized carbons (Fsp3) is 0.786. The van der Waals surface area contributed by atoms with E-state index in [0.29, 0.717) is 6.04 Å². The molecule has 0 amide bonds. The summed E-state index contributed by atoms with van der Waals surface area (Å²) in [6.07, 6.45) is 6.91. The zero-order chi connectivity index (χ0) is 13.6. The summed E-state index contributed by atoms with van der Waals surface area (Å²) < 4.78 is 2.23. The Bertz CT molecular complexity index is 351. The lowest BCUT2D eigenvalue weighted by molar-refractivity contribution is 0.152. The number of nitrogens with one attached hydrogen (secondary N) is 1. The van der Waals surface area contributed by atoms with Crippen LogP contribution in [0.5, 0.6) is 0 Å². The molecule has 0 fully saturated rings. The predicted molar refractivity (Wildman–Crippen MR) is 74.7 cm³/mol. The zero-order valence-corrected chi connectivity index (χ0v) is 12.1. The molecule has 4 nitrogen and oxygen atoms in total. The van der Waals surface area contributed by atoms with Crippen molar-refractivity contribution in [2.45, 2.75) is 58.5 Å². The van der Waals surface area contributed by atoms with E-state index in [1.807, 2.05) is 12.4 Å². The first-order valence-corrected chi connectivity index (χ1v) is 6.94. The number of aliphatic hydroxyl groups excluding tert-OH is 1. The van der Waals surface area contributed by atoms with Crippen molar-refractivity contribution >= 4 is 0 Å². The van der Waals surface area contributed by atoms with Crippen molar-refractivity contribution in [2.24, 2.45) is 0 Å². The van der Waals surface area contributed by atoms with Gasteiger partial charge in [0.25, 0.3) is 0 Å². The maximum atomic E-state index is 9.55. The molecule has 0 aliphatic carbocycles. The first-order chi connectivity index (χ1) is 8.56. The molecule has 4 heteroatoms. The van der Waals surface area contributed by atoms with Crippen molar-refractivity contribution in [3.05, 3.63) is 18.2 Å². The van der Waals surface area contributed by atoms with Crippen molar-refractivity contribution in [3.63, 3.8) is 0 Å². The molecule has 104 valence electrons. The summed E-state index contributed by atoms with van der Waals surface area (Å²) in [5.74, 6) is 1.14. The van der Waals surface area contributed by atoms with Gasteiger partial charge in [0.1, 0.15) is 5.82 Å². The number of rotatable bonds is 8. The number of likely N-dealkylation sites (N-methyl/N-ethyl adjacent to an activating group) is 1. The van der Waals surface area contributed by atoms with Crippen LogP contribution in [0.3, 0.4) is 0 Å². The van der Waals surface area contributed by atoms with Crippen LogP contribution in [0.15, 0.2) is 12.4 Å². The number of aryl methyl sites for hydroxylation is 1. The number of aromatic nitrogens is 2.